The summed E-state index contributed by atoms with van der Waals surface area (Å²) in [5.41, 5.74) is -0.762. The van der Waals surface area contributed by atoms with E-state index in [9.17, 15) is 22.8 Å². The molecule has 0 atom stereocenters. The Kier molecular flexibility index (Phi) is 4.56. The first kappa shape index (κ1) is 19.4. The molecule has 3 aromatic heterocycles. The van der Waals surface area contributed by atoms with Crippen LogP contribution in [-0.4, -0.2) is 33.6 Å². The van der Waals surface area contributed by atoms with Gasteiger partial charge in [-0.25, -0.2) is 14.3 Å². The summed E-state index contributed by atoms with van der Waals surface area (Å²) < 4.78 is 45.8. The molecule has 1 saturated carbocycles. The van der Waals surface area contributed by atoms with Crippen molar-refractivity contribution in [1.29, 1.82) is 0 Å². The van der Waals surface area contributed by atoms with Crippen LogP contribution < -0.4 is 5.32 Å². The van der Waals surface area contributed by atoms with Crippen molar-refractivity contribution in [1.82, 2.24) is 14.6 Å². The molecule has 1 aliphatic rings. The summed E-state index contributed by atoms with van der Waals surface area (Å²) in [5, 5.41) is 6.57. The molecule has 3 heterocycles. The second-order valence-electron chi connectivity index (χ2n) is 6.68. The van der Waals surface area contributed by atoms with Gasteiger partial charge in [-0.3, -0.25) is 4.79 Å². The van der Waals surface area contributed by atoms with Gasteiger partial charge in [0.05, 0.1) is 12.7 Å². The van der Waals surface area contributed by atoms with Crippen molar-refractivity contribution in [2.75, 3.05) is 12.4 Å². The van der Waals surface area contributed by atoms with Crippen LogP contribution in [0.4, 0.5) is 18.2 Å². The van der Waals surface area contributed by atoms with Crippen LogP contribution in [0, 0.1) is 6.92 Å². The molecule has 1 fully saturated rings. The molecule has 0 unspecified atom stereocenters. The molecule has 1 aliphatic carbocycles. The fourth-order valence-corrected chi connectivity index (χ4v) is 3.83. The van der Waals surface area contributed by atoms with Gasteiger partial charge < -0.3 is 10.1 Å². The minimum Gasteiger partial charge on any atom is -0.465 e. The Hall–Kier alpha value is -2.95. The number of hydrogen-bond donors (Lipinski definition) is 1. The standard InChI is InChI=1S/C18H15F3N4O3S/c1-8-5-10(17(27)28-2)16(29-8)23-15(26)12-7-14-22-11(9-3-4-9)6-13(18(19,20)21)25(14)24-12/h5-7,9H,3-4H2,1-2H3,(H,23,26). The predicted molar refractivity (Wildman–Crippen MR) is 98.3 cm³/mol. The second kappa shape index (κ2) is 6.83. The van der Waals surface area contributed by atoms with Crippen LogP contribution in [0.5, 0.6) is 0 Å². The Morgan fingerprint density at radius 1 is 1.28 bits per heavy atom. The number of hydrogen-bond acceptors (Lipinski definition) is 6. The van der Waals surface area contributed by atoms with Crippen molar-refractivity contribution in [3.8, 4) is 0 Å². The lowest BCUT2D eigenvalue weighted by molar-refractivity contribution is -0.142. The van der Waals surface area contributed by atoms with Crippen LogP contribution in [0.3, 0.4) is 0 Å². The molecule has 0 saturated heterocycles. The quantitative estimate of drug-likeness (QED) is 0.639. The highest BCUT2D eigenvalue weighted by Crippen LogP contribution is 2.41. The van der Waals surface area contributed by atoms with Gasteiger partial charge in [0.25, 0.3) is 5.91 Å². The number of esters is 1. The highest BCUT2D eigenvalue weighted by atomic mass is 32.1. The third-order valence-electron chi connectivity index (χ3n) is 4.45. The van der Waals surface area contributed by atoms with Gasteiger partial charge in [0.1, 0.15) is 10.7 Å². The molecular weight excluding hydrogens is 409 g/mol. The first-order valence-corrected chi connectivity index (χ1v) is 9.47. The number of amides is 1. The van der Waals surface area contributed by atoms with Crippen molar-refractivity contribution in [3.05, 3.63) is 45.7 Å². The lowest BCUT2D eigenvalue weighted by Gasteiger charge is -2.10. The molecule has 29 heavy (non-hydrogen) atoms. The summed E-state index contributed by atoms with van der Waals surface area (Å²) >= 11 is 1.15. The van der Waals surface area contributed by atoms with Crippen LogP contribution >= 0.6 is 11.3 Å². The molecule has 152 valence electrons. The third kappa shape index (κ3) is 3.69. The maximum absolute atomic E-state index is 13.5. The lowest BCUT2D eigenvalue weighted by atomic mass is 10.2. The first-order chi connectivity index (χ1) is 13.7. The number of carbonyl (C=O) groups is 2. The van der Waals surface area contributed by atoms with E-state index in [1.165, 1.54) is 13.2 Å². The summed E-state index contributed by atoms with van der Waals surface area (Å²) in [6.07, 6.45) is -3.07. The van der Waals surface area contributed by atoms with E-state index >= 15 is 0 Å². The molecule has 0 aliphatic heterocycles. The molecule has 0 bridgehead atoms. The molecule has 0 radical (unpaired) electrons. The number of rotatable bonds is 4. The Labute approximate surface area is 166 Å². The molecule has 7 nitrogen and oxygen atoms in total. The monoisotopic (exact) mass is 424 g/mol. The van der Waals surface area contributed by atoms with Crippen molar-refractivity contribution in [2.45, 2.75) is 31.9 Å². The van der Waals surface area contributed by atoms with Gasteiger partial charge in [0.2, 0.25) is 0 Å². The van der Waals surface area contributed by atoms with E-state index in [1.54, 1.807) is 13.0 Å². The van der Waals surface area contributed by atoms with E-state index in [4.69, 9.17) is 0 Å². The average molecular weight is 424 g/mol. The Bertz CT molecular complexity index is 1130. The van der Waals surface area contributed by atoms with E-state index < -0.39 is 23.7 Å². The molecule has 0 aromatic carbocycles. The molecule has 1 N–H and O–H groups in total. The van der Waals surface area contributed by atoms with E-state index in [1.807, 2.05) is 0 Å². The summed E-state index contributed by atoms with van der Waals surface area (Å²) in [5.74, 6) is -1.37. The lowest BCUT2D eigenvalue weighted by Crippen LogP contribution is -2.16. The molecule has 4 rings (SSSR count). The highest BCUT2D eigenvalue weighted by molar-refractivity contribution is 7.16. The zero-order valence-electron chi connectivity index (χ0n) is 15.3. The molecular formula is C18H15F3N4O3S. The summed E-state index contributed by atoms with van der Waals surface area (Å²) in [4.78, 5) is 29.4. The topological polar surface area (TPSA) is 85.6 Å². The Morgan fingerprint density at radius 3 is 2.62 bits per heavy atom. The van der Waals surface area contributed by atoms with E-state index in [-0.39, 0.29) is 27.8 Å². The normalized spacial score (nSPS) is 14.2. The number of alkyl halides is 3. The van der Waals surface area contributed by atoms with Crippen molar-refractivity contribution in [3.63, 3.8) is 0 Å². The zero-order chi connectivity index (χ0) is 20.9. The second-order valence-corrected chi connectivity index (χ2v) is 7.94. The summed E-state index contributed by atoms with van der Waals surface area (Å²) in [7, 11) is 1.21. The minimum atomic E-state index is -4.65. The van der Waals surface area contributed by atoms with Gasteiger partial charge in [-0.15, -0.1) is 11.3 Å². The molecule has 1 amide bonds. The van der Waals surface area contributed by atoms with Crippen LogP contribution in [-0.2, 0) is 10.9 Å². The maximum atomic E-state index is 13.5. The van der Waals surface area contributed by atoms with Gasteiger partial charge in [0, 0.05) is 22.6 Å². The van der Waals surface area contributed by atoms with E-state index in [0.29, 0.717) is 10.2 Å². The number of nitrogens with zero attached hydrogens (tertiary/aromatic N) is 3. The number of carbonyl (C=O) groups excluding carboxylic acids is 2. The summed E-state index contributed by atoms with van der Waals surface area (Å²) in [6, 6.07) is 3.74. The number of methoxy groups -OCH3 is 1. The highest BCUT2D eigenvalue weighted by Gasteiger charge is 2.37. The Morgan fingerprint density at radius 2 is 2.00 bits per heavy atom. The van der Waals surface area contributed by atoms with Crippen LogP contribution in [0.1, 0.15) is 55.9 Å². The molecule has 0 spiro atoms. The Balaban J connectivity index is 1.71. The average Bonchev–Trinajstić information content (AvgIpc) is 3.31. The van der Waals surface area contributed by atoms with Crippen LogP contribution in [0.2, 0.25) is 0 Å². The summed E-state index contributed by atoms with van der Waals surface area (Å²) in [6.45, 7) is 1.75. The number of fused-ring (bicyclic) bond motifs is 1. The predicted octanol–water partition coefficient (Wildman–Crippen LogP) is 4.03. The van der Waals surface area contributed by atoms with Crippen molar-refractivity contribution >= 4 is 33.9 Å². The number of nitrogens with one attached hydrogen (secondary N) is 1. The van der Waals surface area contributed by atoms with Crippen LogP contribution in [0.15, 0.2) is 18.2 Å². The van der Waals surface area contributed by atoms with E-state index in [0.717, 1.165) is 35.1 Å². The largest absolute Gasteiger partial charge is 0.465 e. The molecule has 11 heteroatoms. The SMILES string of the molecule is COC(=O)c1cc(C)sc1NC(=O)c1cc2nc(C3CC3)cc(C(F)(F)F)n2n1. The fourth-order valence-electron chi connectivity index (χ4n) is 2.93. The smallest absolute Gasteiger partial charge is 0.433 e. The number of ether oxygens (including phenoxy) is 1. The van der Waals surface area contributed by atoms with Crippen molar-refractivity contribution in [2.24, 2.45) is 0 Å². The zero-order valence-corrected chi connectivity index (χ0v) is 16.1. The minimum absolute atomic E-state index is 0.00462. The fraction of sp³-hybridized carbons (Fsp3) is 0.333. The number of halogens is 3. The van der Waals surface area contributed by atoms with Gasteiger partial charge in [0.15, 0.2) is 11.3 Å². The number of aryl methyl sites for hydroxylation is 1. The van der Waals surface area contributed by atoms with Gasteiger partial charge in [-0.1, -0.05) is 0 Å². The number of anilines is 1. The first-order valence-electron chi connectivity index (χ1n) is 8.65. The van der Waals surface area contributed by atoms with Crippen LogP contribution in [0.25, 0.3) is 5.65 Å². The molecule has 3 aromatic rings. The maximum Gasteiger partial charge on any atom is 0.433 e. The third-order valence-corrected chi connectivity index (χ3v) is 5.42. The van der Waals surface area contributed by atoms with Gasteiger partial charge in [-0.2, -0.15) is 18.3 Å². The van der Waals surface area contributed by atoms with Crippen molar-refractivity contribution < 1.29 is 27.5 Å². The van der Waals surface area contributed by atoms with Gasteiger partial charge >= 0.3 is 12.1 Å². The van der Waals surface area contributed by atoms with E-state index in [2.05, 4.69) is 20.1 Å². The number of thiophene rings is 1. The van der Waals surface area contributed by atoms with Gasteiger partial charge in [-0.05, 0) is 31.9 Å². The number of aromatic nitrogens is 3.